The largest absolute Gasteiger partial charge is 0.336 e. The van der Waals surface area contributed by atoms with Gasteiger partial charge in [-0.2, -0.15) is 0 Å². The van der Waals surface area contributed by atoms with Crippen LogP contribution in [0, 0.1) is 0 Å². The Bertz CT molecular complexity index is 869. The van der Waals surface area contributed by atoms with E-state index in [9.17, 15) is 4.79 Å². The van der Waals surface area contributed by atoms with E-state index in [-0.39, 0.29) is 17.8 Å². The molecule has 0 aliphatic carbocycles. The molecule has 6 nitrogen and oxygen atoms in total. The maximum atomic E-state index is 13.0. The van der Waals surface area contributed by atoms with Gasteiger partial charge in [0.05, 0.1) is 10.6 Å². The van der Waals surface area contributed by atoms with Crippen LogP contribution in [0.1, 0.15) is 23.5 Å². The minimum Gasteiger partial charge on any atom is -0.336 e. The number of para-hydroxylation sites is 1. The smallest absolute Gasteiger partial charge is 0.293 e. The number of aromatic nitrogens is 3. The molecule has 0 radical (unpaired) electrons. The van der Waals surface area contributed by atoms with Crippen LogP contribution in [0.5, 0.6) is 0 Å². The molecule has 2 aromatic heterocycles. The van der Waals surface area contributed by atoms with E-state index in [1.54, 1.807) is 20.9 Å². The van der Waals surface area contributed by atoms with Crippen LogP contribution in [0.4, 0.5) is 0 Å². The number of rotatable bonds is 4. The molecule has 0 saturated carbocycles. The van der Waals surface area contributed by atoms with E-state index in [0.717, 1.165) is 36.5 Å². The molecule has 1 saturated heterocycles. The monoisotopic (exact) mass is 367 g/mol. The quantitative estimate of drug-likeness (QED) is 0.770. The molecule has 1 aromatic carbocycles. The maximum absolute atomic E-state index is 13.0. The van der Waals surface area contributed by atoms with Gasteiger partial charge in [0, 0.05) is 13.1 Å². The number of hydrogen-bond acceptors (Lipinski definition) is 5. The summed E-state index contributed by atoms with van der Waals surface area (Å²) in [5.41, 5.74) is 0.895. The lowest BCUT2D eigenvalue weighted by Gasteiger charge is -2.30. The Morgan fingerprint density at radius 1 is 1.19 bits per heavy atom. The molecule has 26 heavy (non-hydrogen) atoms. The minimum absolute atomic E-state index is 0.121. The van der Waals surface area contributed by atoms with Crippen LogP contribution in [0.3, 0.4) is 0 Å². The first kappa shape index (κ1) is 16.9. The number of nitrogens with zero attached hydrogens (tertiary/aromatic N) is 4. The van der Waals surface area contributed by atoms with Gasteiger partial charge in [-0.15, -0.1) is 16.4 Å². The highest BCUT2D eigenvalue weighted by atomic mass is 32.1. The Hall–Kier alpha value is -2.51. The Morgan fingerprint density at radius 3 is 2.65 bits per heavy atom. The first-order valence-electron chi connectivity index (χ1n) is 8.78. The van der Waals surface area contributed by atoms with Crippen LogP contribution >= 0.6 is 11.3 Å². The van der Waals surface area contributed by atoms with Crippen molar-refractivity contribution in [2.24, 2.45) is 0 Å². The van der Waals surface area contributed by atoms with Gasteiger partial charge in [0.2, 0.25) is 5.82 Å². The van der Waals surface area contributed by atoms with E-state index in [0.29, 0.717) is 5.82 Å². The first-order valence-corrected chi connectivity index (χ1v) is 9.66. The van der Waals surface area contributed by atoms with Crippen LogP contribution in [0.2, 0.25) is 0 Å². The summed E-state index contributed by atoms with van der Waals surface area (Å²) >= 11 is 1.59. The van der Waals surface area contributed by atoms with Gasteiger partial charge in [0.15, 0.2) is 5.82 Å². The zero-order valence-corrected chi connectivity index (χ0v) is 15.4. The molecule has 1 aliphatic rings. The molecule has 1 N–H and O–H groups in total. The normalized spacial score (nSPS) is 15.1. The van der Waals surface area contributed by atoms with E-state index in [4.69, 9.17) is 0 Å². The summed E-state index contributed by atoms with van der Waals surface area (Å²) in [4.78, 5) is 20.4. The number of benzene rings is 1. The molecule has 0 unspecified atom stereocenters. The Morgan fingerprint density at radius 2 is 1.96 bits per heavy atom. The summed E-state index contributed by atoms with van der Waals surface area (Å²) in [7, 11) is 1.85. The fourth-order valence-electron chi connectivity index (χ4n) is 3.23. The van der Waals surface area contributed by atoms with E-state index in [1.165, 1.54) is 0 Å². The summed E-state index contributed by atoms with van der Waals surface area (Å²) in [6.07, 6.45) is 1.92. The van der Waals surface area contributed by atoms with Gasteiger partial charge in [0.1, 0.15) is 0 Å². The molecular formula is C19H21N5OS. The SMILES string of the molecule is CN(C(=O)c1nc(-c2cccs2)n(-c2ccccc2)n1)C1CCNCC1. The molecule has 0 spiro atoms. The third kappa shape index (κ3) is 3.27. The van der Waals surface area contributed by atoms with Crippen molar-refractivity contribution in [3.05, 3.63) is 53.7 Å². The average molecular weight is 367 g/mol. The van der Waals surface area contributed by atoms with Crippen molar-refractivity contribution in [3.8, 4) is 16.4 Å². The van der Waals surface area contributed by atoms with E-state index < -0.39 is 0 Å². The zero-order chi connectivity index (χ0) is 17.9. The second-order valence-electron chi connectivity index (χ2n) is 6.38. The van der Waals surface area contributed by atoms with Gasteiger partial charge in [0.25, 0.3) is 5.91 Å². The highest BCUT2D eigenvalue weighted by Crippen LogP contribution is 2.26. The molecule has 3 aromatic rings. The molecule has 3 heterocycles. The van der Waals surface area contributed by atoms with Gasteiger partial charge in [-0.25, -0.2) is 9.67 Å². The van der Waals surface area contributed by atoms with Crippen molar-refractivity contribution in [3.63, 3.8) is 0 Å². The highest BCUT2D eigenvalue weighted by molar-refractivity contribution is 7.13. The van der Waals surface area contributed by atoms with Crippen molar-refractivity contribution in [2.75, 3.05) is 20.1 Å². The van der Waals surface area contributed by atoms with Crippen molar-refractivity contribution >= 4 is 17.2 Å². The van der Waals surface area contributed by atoms with E-state index in [1.807, 2.05) is 54.9 Å². The highest BCUT2D eigenvalue weighted by Gasteiger charge is 2.27. The Labute approximate surface area is 156 Å². The summed E-state index contributed by atoms with van der Waals surface area (Å²) in [5.74, 6) is 0.830. The zero-order valence-electron chi connectivity index (χ0n) is 14.6. The third-order valence-electron chi connectivity index (χ3n) is 4.72. The van der Waals surface area contributed by atoms with Gasteiger partial charge in [-0.3, -0.25) is 4.79 Å². The summed E-state index contributed by atoms with van der Waals surface area (Å²) in [6.45, 7) is 1.88. The number of hydrogen-bond donors (Lipinski definition) is 1. The number of carbonyl (C=O) groups excluding carboxylic acids is 1. The van der Waals surface area contributed by atoms with Crippen molar-refractivity contribution < 1.29 is 4.79 Å². The summed E-state index contributed by atoms with van der Waals surface area (Å²) < 4.78 is 1.76. The molecule has 1 aliphatic heterocycles. The van der Waals surface area contributed by atoms with Crippen molar-refractivity contribution in [1.29, 1.82) is 0 Å². The van der Waals surface area contributed by atoms with E-state index in [2.05, 4.69) is 15.4 Å². The number of thiophene rings is 1. The summed E-state index contributed by atoms with van der Waals surface area (Å²) in [6, 6.07) is 14.0. The maximum Gasteiger partial charge on any atom is 0.293 e. The fraction of sp³-hybridized carbons (Fsp3) is 0.316. The van der Waals surface area contributed by atoms with Gasteiger partial charge < -0.3 is 10.2 Å². The second-order valence-corrected chi connectivity index (χ2v) is 7.33. The van der Waals surface area contributed by atoms with Gasteiger partial charge >= 0.3 is 0 Å². The predicted molar refractivity (Wildman–Crippen MR) is 103 cm³/mol. The van der Waals surface area contributed by atoms with Crippen LogP contribution in [0.25, 0.3) is 16.4 Å². The predicted octanol–water partition coefficient (Wildman–Crippen LogP) is 2.82. The summed E-state index contributed by atoms with van der Waals surface area (Å²) in [5, 5.41) is 9.89. The number of nitrogens with one attached hydrogen (secondary N) is 1. The first-order chi connectivity index (χ1) is 12.7. The molecule has 1 fully saturated rings. The Balaban J connectivity index is 1.70. The number of carbonyl (C=O) groups is 1. The minimum atomic E-state index is -0.121. The van der Waals surface area contributed by atoms with Crippen molar-refractivity contribution in [1.82, 2.24) is 25.0 Å². The van der Waals surface area contributed by atoms with Crippen LogP contribution in [-0.2, 0) is 0 Å². The molecule has 0 atom stereocenters. The van der Waals surface area contributed by atoms with Gasteiger partial charge in [-0.05, 0) is 49.5 Å². The molecule has 0 bridgehead atoms. The lowest BCUT2D eigenvalue weighted by Crippen LogP contribution is -2.44. The number of piperidine rings is 1. The molecule has 1 amide bonds. The average Bonchev–Trinajstić information content (AvgIpc) is 3.38. The number of amides is 1. The molecule has 4 rings (SSSR count). The molecule has 134 valence electrons. The lowest BCUT2D eigenvalue weighted by atomic mass is 10.1. The lowest BCUT2D eigenvalue weighted by molar-refractivity contribution is 0.0691. The topological polar surface area (TPSA) is 63.1 Å². The van der Waals surface area contributed by atoms with Crippen LogP contribution < -0.4 is 5.32 Å². The van der Waals surface area contributed by atoms with Gasteiger partial charge in [-0.1, -0.05) is 24.3 Å². The third-order valence-corrected chi connectivity index (χ3v) is 5.58. The van der Waals surface area contributed by atoms with Crippen LogP contribution in [0.15, 0.2) is 47.8 Å². The molecular weight excluding hydrogens is 346 g/mol. The van der Waals surface area contributed by atoms with Crippen molar-refractivity contribution in [2.45, 2.75) is 18.9 Å². The Kier molecular flexibility index (Phi) is 4.81. The van der Waals surface area contributed by atoms with E-state index >= 15 is 0 Å². The molecule has 7 heteroatoms. The fourth-order valence-corrected chi connectivity index (χ4v) is 3.93. The second kappa shape index (κ2) is 7.39. The standard InChI is InChI=1S/C19H21N5OS/c1-23(14-9-11-20-12-10-14)19(25)17-21-18(16-8-5-13-26-16)24(22-17)15-6-3-2-4-7-15/h2-8,13-14,20H,9-12H2,1H3. The van der Waals surface area contributed by atoms with Crippen LogP contribution in [-0.4, -0.2) is 51.8 Å².